The van der Waals surface area contributed by atoms with Crippen LogP contribution in [0.3, 0.4) is 0 Å². The highest BCUT2D eigenvalue weighted by molar-refractivity contribution is 7.19. The van der Waals surface area contributed by atoms with Gasteiger partial charge in [-0.05, 0) is 12.5 Å². The molecule has 4 rings (SSSR count). The zero-order valence-corrected chi connectivity index (χ0v) is 18.3. The number of rotatable bonds is 7. The molecule has 9 nitrogen and oxygen atoms in total. The molecular formula is C21H21N5O4S. The summed E-state index contributed by atoms with van der Waals surface area (Å²) in [5.74, 6) is 2.01. The Balaban J connectivity index is 1.46. The van der Waals surface area contributed by atoms with E-state index >= 15 is 0 Å². The average Bonchev–Trinajstić information content (AvgIpc) is 3.35. The Kier molecular flexibility index (Phi) is 5.72. The van der Waals surface area contributed by atoms with Crippen molar-refractivity contribution in [2.75, 3.05) is 26.6 Å². The fraction of sp³-hybridized carbons (Fsp3) is 0.238. The summed E-state index contributed by atoms with van der Waals surface area (Å²) in [6.45, 7) is 1.86. The number of hydrogen-bond donors (Lipinski definition) is 1. The number of nitrogens with one attached hydrogen (secondary N) is 1. The third-order valence-electron chi connectivity index (χ3n) is 4.66. The Morgan fingerprint density at radius 3 is 2.29 bits per heavy atom. The molecule has 0 saturated carbocycles. The smallest absolute Gasteiger partial charge is 0.234 e. The quantitative estimate of drug-likeness (QED) is 0.471. The van der Waals surface area contributed by atoms with E-state index in [0.29, 0.717) is 22.9 Å². The fourth-order valence-corrected chi connectivity index (χ4v) is 4.03. The van der Waals surface area contributed by atoms with E-state index in [1.54, 1.807) is 16.6 Å². The number of amides is 1. The van der Waals surface area contributed by atoms with E-state index in [4.69, 9.17) is 14.2 Å². The minimum atomic E-state index is -0.156. The van der Waals surface area contributed by atoms with E-state index in [2.05, 4.69) is 20.6 Å². The molecular weight excluding hydrogens is 418 g/mol. The average molecular weight is 439 g/mol. The molecule has 0 aliphatic heterocycles. The van der Waals surface area contributed by atoms with Gasteiger partial charge in [0.1, 0.15) is 5.01 Å². The van der Waals surface area contributed by atoms with E-state index < -0.39 is 0 Å². The van der Waals surface area contributed by atoms with Crippen molar-refractivity contribution < 1.29 is 19.0 Å². The topological polar surface area (TPSA) is 99.9 Å². The number of anilines is 1. The standard InChI is InChI=1S/C21H21N5O4S/c1-12-23-24-21-26(12)25-20(31-21)14-7-5-13(6-8-14)9-18(27)22-15-10-16(28-2)19(30-4)17(11-15)29-3/h5-8,10-11H,9H2,1-4H3,(H,22,27). The molecule has 2 aromatic heterocycles. The van der Waals surface area contributed by atoms with Gasteiger partial charge in [-0.15, -0.1) is 10.2 Å². The predicted molar refractivity (Wildman–Crippen MR) is 117 cm³/mol. The van der Waals surface area contributed by atoms with Gasteiger partial charge in [0.2, 0.25) is 16.6 Å². The summed E-state index contributed by atoms with van der Waals surface area (Å²) < 4.78 is 17.7. The number of carbonyl (C=O) groups is 1. The van der Waals surface area contributed by atoms with E-state index in [9.17, 15) is 4.79 Å². The SMILES string of the molecule is COc1cc(NC(=O)Cc2ccc(-c3nn4c(C)nnc4s3)cc2)cc(OC)c1OC. The van der Waals surface area contributed by atoms with Crippen LogP contribution in [0, 0.1) is 6.92 Å². The second-order valence-electron chi connectivity index (χ2n) is 6.68. The number of nitrogens with zero attached hydrogens (tertiary/aromatic N) is 4. The largest absolute Gasteiger partial charge is 0.493 e. The fourth-order valence-electron chi connectivity index (χ4n) is 3.14. The van der Waals surface area contributed by atoms with Gasteiger partial charge in [0.25, 0.3) is 0 Å². The second-order valence-corrected chi connectivity index (χ2v) is 7.64. The molecule has 2 aromatic carbocycles. The van der Waals surface area contributed by atoms with Crippen molar-refractivity contribution in [2.45, 2.75) is 13.3 Å². The van der Waals surface area contributed by atoms with Gasteiger partial charge < -0.3 is 19.5 Å². The van der Waals surface area contributed by atoms with Crippen LogP contribution >= 0.6 is 11.3 Å². The van der Waals surface area contributed by atoms with Crippen LogP contribution in [0.25, 0.3) is 15.5 Å². The molecule has 1 amide bonds. The van der Waals surface area contributed by atoms with Crippen LogP contribution in [-0.4, -0.2) is 47.0 Å². The first-order valence-electron chi connectivity index (χ1n) is 9.40. The molecule has 0 unspecified atom stereocenters. The molecule has 2 heterocycles. The Hall–Kier alpha value is -3.66. The first kappa shape index (κ1) is 20.6. The maximum Gasteiger partial charge on any atom is 0.234 e. The monoisotopic (exact) mass is 439 g/mol. The lowest BCUT2D eigenvalue weighted by atomic mass is 10.1. The highest BCUT2D eigenvalue weighted by Gasteiger charge is 2.15. The van der Waals surface area contributed by atoms with Crippen LogP contribution in [0.1, 0.15) is 11.4 Å². The Bertz CT molecular complexity index is 1210. The first-order valence-corrected chi connectivity index (χ1v) is 10.2. The number of benzene rings is 2. The van der Waals surface area contributed by atoms with Crippen molar-refractivity contribution in [2.24, 2.45) is 0 Å². The molecule has 0 bridgehead atoms. The van der Waals surface area contributed by atoms with Crippen LogP contribution in [0.5, 0.6) is 17.2 Å². The van der Waals surface area contributed by atoms with Gasteiger partial charge in [-0.1, -0.05) is 35.6 Å². The lowest BCUT2D eigenvalue weighted by molar-refractivity contribution is -0.115. The summed E-state index contributed by atoms with van der Waals surface area (Å²) in [6.07, 6.45) is 0.223. The van der Waals surface area contributed by atoms with E-state index in [0.717, 1.165) is 26.9 Å². The van der Waals surface area contributed by atoms with Gasteiger partial charge >= 0.3 is 0 Å². The predicted octanol–water partition coefficient (Wildman–Crippen LogP) is 3.37. The molecule has 31 heavy (non-hydrogen) atoms. The molecule has 0 radical (unpaired) electrons. The maximum absolute atomic E-state index is 12.6. The highest BCUT2D eigenvalue weighted by atomic mass is 32.1. The number of carbonyl (C=O) groups excluding carboxylic acids is 1. The Morgan fingerprint density at radius 2 is 1.71 bits per heavy atom. The summed E-state index contributed by atoms with van der Waals surface area (Å²) in [7, 11) is 4.59. The van der Waals surface area contributed by atoms with Gasteiger partial charge in [-0.3, -0.25) is 4.79 Å². The van der Waals surface area contributed by atoms with Crippen molar-refractivity contribution in [1.29, 1.82) is 0 Å². The van der Waals surface area contributed by atoms with Gasteiger partial charge in [0, 0.05) is 23.4 Å². The van der Waals surface area contributed by atoms with Crippen molar-refractivity contribution in [3.05, 3.63) is 47.8 Å². The van der Waals surface area contributed by atoms with E-state index in [1.807, 2.05) is 31.2 Å². The number of ether oxygens (including phenoxy) is 3. The van der Waals surface area contributed by atoms with Gasteiger partial charge in [0.15, 0.2) is 17.3 Å². The molecule has 0 fully saturated rings. The molecule has 0 spiro atoms. The molecule has 10 heteroatoms. The normalized spacial score (nSPS) is 10.8. The lowest BCUT2D eigenvalue weighted by Gasteiger charge is -2.14. The minimum Gasteiger partial charge on any atom is -0.493 e. The molecule has 1 N–H and O–H groups in total. The molecule has 4 aromatic rings. The number of methoxy groups -OCH3 is 3. The zero-order valence-electron chi connectivity index (χ0n) is 17.5. The number of aromatic nitrogens is 4. The summed E-state index contributed by atoms with van der Waals surface area (Å²) in [5.41, 5.74) is 2.41. The molecule has 0 atom stereocenters. The van der Waals surface area contributed by atoms with E-state index in [-0.39, 0.29) is 12.3 Å². The van der Waals surface area contributed by atoms with Crippen molar-refractivity contribution in [3.8, 4) is 27.8 Å². The molecule has 160 valence electrons. The Morgan fingerprint density at radius 1 is 1.03 bits per heavy atom. The minimum absolute atomic E-state index is 0.156. The number of fused-ring (bicyclic) bond motifs is 1. The van der Waals surface area contributed by atoms with Crippen LogP contribution < -0.4 is 19.5 Å². The van der Waals surface area contributed by atoms with Crippen molar-refractivity contribution in [3.63, 3.8) is 0 Å². The van der Waals surface area contributed by atoms with E-state index in [1.165, 1.54) is 32.7 Å². The summed E-state index contributed by atoms with van der Waals surface area (Å²) in [6, 6.07) is 11.1. The number of hydrogen-bond acceptors (Lipinski definition) is 8. The van der Waals surface area contributed by atoms with Gasteiger partial charge in [-0.2, -0.15) is 9.61 Å². The van der Waals surface area contributed by atoms with Crippen molar-refractivity contribution >= 4 is 27.9 Å². The molecule has 0 aliphatic carbocycles. The summed E-state index contributed by atoms with van der Waals surface area (Å²) in [5, 5.41) is 16.3. The maximum atomic E-state index is 12.6. The molecule has 0 aliphatic rings. The van der Waals surface area contributed by atoms with Crippen LogP contribution in [-0.2, 0) is 11.2 Å². The van der Waals surface area contributed by atoms with Crippen LogP contribution in [0.15, 0.2) is 36.4 Å². The summed E-state index contributed by atoms with van der Waals surface area (Å²) in [4.78, 5) is 13.3. The second kappa shape index (κ2) is 8.60. The Labute approximate surface area is 182 Å². The first-order chi connectivity index (χ1) is 15.0. The zero-order chi connectivity index (χ0) is 22.0. The summed E-state index contributed by atoms with van der Waals surface area (Å²) >= 11 is 1.47. The van der Waals surface area contributed by atoms with Crippen molar-refractivity contribution in [1.82, 2.24) is 19.8 Å². The van der Waals surface area contributed by atoms with Gasteiger partial charge in [-0.25, -0.2) is 0 Å². The number of aryl methyl sites for hydroxylation is 1. The van der Waals surface area contributed by atoms with Crippen LogP contribution in [0.2, 0.25) is 0 Å². The third-order valence-corrected chi connectivity index (χ3v) is 5.61. The highest BCUT2D eigenvalue weighted by Crippen LogP contribution is 2.40. The molecule has 0 saturated heterocycles. The van der Waals surface area contributed by atoms with Gasteiger partial charge in [0.05, 0.1) is 27.8 Å². The van der Waals surface area contributed by atoms with Crippen LogP contribution in [0.4, 0.5) is 5.69 Å². The lowest BCUT2D eigenvalue weighted by Crippen LogP contribution is -2.14. The third kappa shape index (κ3) is 4.15.